The second-order valence-corrected chi connectivity index (χ2v) is 6.34. The van der Waals surface area contributed by atoms with E-state index in [1.54, 1.807) is 19.1 Å². The topological polar surface area (TPSA) is 64.6 Å². The molecule has 1 atom stereocenters. The van der Waals surface area contributed by atoms with Crippen molar-refractivity contribution >= 4 is 21.6 Å². The summed E-state index contributed by atoms with van der Waals surface area (Å²) in [5.41, 5.74) is 1.46. The summed E-state index contributed by atoms with van der Waals surface area (Å²) < 4.78 is 37.2. The molecule has 0 bridgehead atoms. The van der Waals surface area contributed by atoms with E-state index < -0.39 is 10.0 Å². The lowest BCUT2D eigenvalue weighted by Crippen LogP contribution is -2.35. The molecule has 1 aromatic rings. The first-order valence-corrected chi connectivity index (χ1v) is 8.14. The third kappa shape index (κ3) is 4.43. The average Bonchev–Trinajstić information content (AvgIpc) is 2.43. The number of sulfonamides is 1. The number of alkyl halides is 1. The van der Waals surface area contributed by atoms with Crippen LogP contribution in [0.2, 0.25) is 0 Å². The van der Waals surface area contributed by atoms with Crippen LogP contribution in [0.1, 0.15) is 11.1 Å². The van der Waals surface area contributed by atoms with E-state index >= 15 is 0 Å². The fourth-order valence-corrected chi connectivity index (χ4v) is 3.41. The van der Waals surface area contributed by atoms with Crippen molar-refractivity contribution in [2.75, 3.05) is 27.4 Å². The molecule has 1 rings (SSSR count). The van der Waals surface area contributed by atoms with E-state index in [2.05, 4.69) is 4.72 Å². The molecule has 5 nitrogen and oxygen atoms in total. The molecule has 0 aromatic heterocycles. The molecule has 0 amide bonds. The van der Waals surface area contributed by atoms with Crippen LogP contribution in [0.15, 0.2) is 23.1 Å². The van der Waals surface area contributed by atoms with E-state index in [-0.39, 0.29) is 23.4 Å². The highest BCUT2D eigenvalue weighted by Crippen LogP contribution is 2.20. The maximum absolute atomic E-state index is 12.3. The minimum absolute atomic E-state index is 0.150. The van der Waals surface area contributed by atoms with Gasteiger partial charge in [0.15, 0.2) is 0 Å². The third-order valence-electron chi connectivity index (χ3n) is 3.02. The van der Waals surface area contributed by atoms with Crippen LogP contribution in [0.4, 0.5) is 0 Å². The van der Waals surface area contributed by atoms with Gasteiger partial charge < -0.3 is 9.47 Å². The summed E-state index contributed by atoms with van der Waals surface area (Å²) >= 11 is 5.79. The first kappa shape index (κ1) is 17.4. The number of ether oxygens (including phenoxy) is 2. The maximum atomic E-state index is 12.3. The minimum atomic E-state index is -3.59. The first-order valence-electron chi connectivity index (χ1n) is 6.12. The van der Waals surface area contributed by atoms with Crippen LogP contribution in [0, 0.1) is 6.92 Å². The summed E-state index contributed by atoms with van der Waals surface area (Å²) in [6.45, 7) is 2.21. The molecular weight excluding hydrogens is 302 g/mol. The Bertz CT molecular complexity index is 533. The molecule has 0 fully saturated rings. The zero-order chi connectivity index (χ0) is 15.2. The number of methoxy groups -OCH3 is 2. The molecule has 20 heavy (non-hydrogen) atoms. The van der Waals surface area contributed by atoms with Crippen molar-refractivity contribution in [2.24, 2.45) is 0 Å². The summed E-state index contributed by atoms with van der Waals surface area (Å²) in [6.07, 6.45) is -0.328. The summed E-state index contributed by atoms with van der Waals surface area (Å²) in [6, 6.07) is 5.05. The number of halogens is 1. The van der Waals surface area contributed by atoms with E-state index in [4.69, 9.17) is 21.1 Å². The Morgan fingerprint density at radius 2 is 2.05 bits per heavy atom. The van der Waals surface area contributed by atoms with Crippen LogP contribution in [0.5, 0.6) is 0 Å². The molecule has 114 valence electrons. The summed E-state index contributed by atoms with van der Waals surface area (Å²) in [5, 5.41) is 0. The van der Waals surface area contributed by atoms with Gasteiger partial charge in [-0.1, -0.05) is 12.1 Å². The maximum Gasteiger partial charge on any atom is 0.240 e. The quantitative estimate of drug-likeness (QED) is 0.740. The van der Waals surface area contributed by atoms with Gasteiger partial charge in [-0.05, 0) is 24.1 Å². The number of nitrogens with one attached hydrogen (secondary N) is 1. The Labute approximate surface area is 125 Å². The second-order valence-electron chi connectivity index (χ2n) is 4.34. The molecule has 0 spiro atoms. The zero-order valence-corrected chi connectivity index (χ0v) is 13.4. The zero-order valence-electron chi connectivity index (χ0n) is 11.8. The largest absolute Gasteiger partial charge is 0.382 e. The van der Waals surface area contributed by atoms with Crippen molar-refractivity contribution < 1.29 is 17.9 Å². The highest BCUT2D eigenvalue weighted by Gasteiger charge is 2.19. The molecule has 0 saturated carbocycles. The van der Waals surface area contributed by atoms with Crippen LogP contribution in [-0.4, -0.2) is 41.9 Å². The Hall–Kier alpha value is -0.660. The molecule has 0 radical (unpaired) electrons. The van der Waals surface area contributed by atoms with E-state index in [1.165, 1.54) is 14.2 Å². The summed E-state index contributed by atoms with van der Waals surface area (Å²) in [4.78, 5) is 0.239. The number of rotatable bonds is 8. The van der Waals surface area contributed by atoms with E-state index in [1.807, 2.05) is 6.07 Å². The lowest BCUT2D eigenvalue weighted by Gasteiger charge is -2.16. The SMILES string of the molecule is COCC(CNS(=O)(=O)c1cccc(CCl)c1C)OC. The Kier molecular flexibility index (Phi) is 6.91. The molecule has 7 heteroatoms. The van der Waals surface area contributed by atoms with Crippen molar-refractivity contribution in [1.82, 2.24) is 4.72 Å². The van der Waals surface area contributed by atoms with Crippen molar-refractivity contribution in [3.63, 3.8) is 0 Å². The first-order chi connectivity index (χ1) is 9.46. The van der Waals surface area contributed by atoms with Crippen LogP contribution in [0.25, 0.3) is 0 Å². The molecule has 1 aromatic carbocycles. The van der Waals surface area contributed by atoms with Crippen LogP contribution >= 0.6 is 11.6 Å². The fourth-order valence-electron chi connectivity index (χ4n) is 1.77. The molecule has 1 N–H and O–H groups in total. The van der Waals surface area contributed by atoms with Gasteiger partial charge in [0.1, 0.15) is 0 Å². The van der Waals surface area contributed by atoms with Crippen molar-refractivity contribution in [2.45, 2.75) is 23.8 Å². The van der Waals surface area contributed by atoms with Gasteiger partial charge in [-0.15, -0.1) is 11.6 Å². The third-order valence-corrected chi connectivity index (χ3v) is 4.87. The summed E-state index contributed by atoms with van der Waals surface area (Å²) in [7, 11) is -0.544. The van der Waals surface area contributed by atoms with Gasteiger partial charge in [-0.2, -0.15) is 0 Å². The van der Waals surface area contributed by atoms with E-state index in [9.17, 15) is 8.42 Å². The van der Waals surface area contributed by atoms with Crippen LogP contribution in [-0.2, 0) is 25.4 Å². The van der Waals surface area contributed by atoms with Crippen molar-refractivity contribution in [3.05, 3.63) is 29.3 Å². The standard InChI is InChI=1S/C13H20ClNO4S/c1-10-11(7-14)5-4-6-13(10)20(16,17)15-8-12(19-3)9-18-2/h4-6,12,15H,7-9H2,1-3H3. The Balaban J connectivity index is 2.89. The van der Waals surface area contributed by atoms with Gasteiger partial charge in [-0.25, -0.2) is 13.1 Å². The predicted octanol–water partition coefficient (Wildman–Crippen LogP) is 1.67. The second kappa shape index (κ2) is 7.95. The molecule has 1 unspecified atom stereocenters. The van der Waals surface area contributed by atoms with Gasteiger partial charge in [-0.3, -0.25) is 0 Å². The van der Waals surface area contributed by atoms with Crippen LogP contribution < -0.4 is 4.72 Å². The molecular formula is C13H20ClNO4S. The van der Waals surface area contributed by atoms with Gasteiger partial charge in [0.05, 0.1) is 17.6 Å². The lowest BCUT2D eigenvalue weighted by molar-refractivity contribution is 0.0320. The van der Waals surface area contributed by atoms with Crippen molar-refractivity contribution in [1.29, 1.82) is 0 Å². The monoisotopic (exact) mass is 321 g/mol. The minimum Gasteiger partial charge on any atom is -0.382 e. The van der Waals surface area contributed by atoms with E-state index in [0.29, 0.717) is 12.2 Å². The molecule has 0 aliphatic rings. The molecule has 0 saturated heterocycles. The van der Waals surface area contributed by atoms with Crippen molar-refractivity contribution in [3.8, 4) is 0 Å². The molecule has 0 aliphatic heterocycles. The number of hydrogen-bond acceptors (Lipinski definition) is 4. The predicted molar refractivity (Wildman–Crippen MR) is 78.6 cm³/mol. The van der Waals surface area contributed by atoms with Gasteiger partial charge >= 0.3 is 0 Å². The Morgan fingerprint density at radius 3 is 2.60 bits per heavy atom. The highest BCUT2D eigenvalue weighted by atomic mass is 35.5. The molecule has 0 heterocycles. The number of hydrogen-bond donors (Lipinski definition) is 1. The average molecular weight is 322 g/mol. The number of benzene rings is 1. The van der Waals surface area contributed by atoms with Gasteiger partial charge in [0.25, 0.3) is 0 Å². The Morgan fingerprint density at radius 1 is 1.35 bits per heavy atom. The highest BCUT2D eigenvalue weighted by molar-refractivity contribution is 7.89. The summed E-state index contributed by atoms with van der Waals surface area (Å²) in [5.74, 6) is 0.277. The molecule has 0 aliphatic carbocycles. The fraction of sp³-hybridized carbons (Fsp3) is 0.538. The van der Waals surface area contributed by atoms with Gasteiger partial charge in [0.2, 0.25) is 10.0 Å². The lowest BCUT2D eigenvalue weighted by atomic mass is 10.1. The normalized spacial score (nSPS) is 13.4. The van der Waals surface area contributed by atoms with Gasteiger partial charge in [0, 0.05) is 26.6 Å². The van der Waals surface area contributed by atoms with Crippen LogP contribution in [0.3, 0.4) is 0 Å². The smallest absolute Gasteiger partial charge is 0.240 e. The van der Waals surface area contributed by atoms with E-state index in [0.717, 1.165) is 5.56 Å².